The second-order valence-electron chi connectivity index (χ2n) is 7.18. The van der Waals surface area contributed by atoms with Gasteiger partial charge in [0.05, 0.1) is 18.4 Å². The van der Waals surface area contributed by atoms with Crippen molar-refractivity contribution < 1.29 is 18.0 Å². The van der Waals surface area contributed by atoms with Gasteiger partial charge in [0.25, 0.3) is 0 Å². The molecule has 0 aliphatic carbocycles. The van der Waals surface area contributed by atoms with Gasteiger partial charge in [-0.3, -0.25) is 9.78 Å². The van der Waals surface area contributed by atoms with E-state index >= 15 is 0 Å². The van der Waals surface area contributed by atoms with E-state index in [4.69, 9.17) is 0 Å². The number of nitrogens with one attached hydrogen (secondary N) is 2. The van der Waals surface area contributed by atoms with Crippen LogP contribution < -0.4 is 15.5 Å². The summed E-state index contributed by atoms with van der Waals surface area (Å²) >= 11 is 0. The number of aromatic nitrogens is 3. The van der Waals surface area contributed by atoms with Gasteiger partial charge in [-0.1, -0.05) is 6.07 Å². The van der Waals surface area contributed by atoms with E-state index in [2.05, 4.69) is 25.6 Å². The summed E-state index contributed by atoms with van der Waals surface area (Å²) in [6.07, 6.45) is -0.0774. The lowest BCUT2D eigenvalue weighted by atomic mass is 10.0. The first-order chi connectivity index (χ1) is 14.8. The number of anilines is 3. The number of carbonyl (C=O) groups is 1. The molecule has 3 heterocycles. The standard InChI is InChI=1S/C21H19F3N6O/c1-13-6-14(15-9-17(11-25-10-15)30-5-4-26-19(31)12-30)8-16(7-13)28-20-27-3-2-18(29-20)21(22,23)24/h2-3,6-11H,4-5,12H2,1H3,(H,26,31)(H,27,28,29). The molecule has 2 aromatic heterocycles. The maximum Gasteiger partial charge on any atom is 0.433 e. The number of hydrogen-bond acceptors (Lipinski definition) is 6. The van der Waals surface area contributed by atoms with Crippen LogP contribution in [0.25, 0.3) is 11.1 Å². The Morgan fingerprint density at radius 2 is 1.97 bits per heavy atom. The van der Waals surface area contributed by atoms with Crippen molar-refractivity contribution >= 4 is 23.2 Å². The van der Waals surface area contributed by atoms with Gasteiger partial charge in [-0.15, -0.1) is 0 Å². The molecule has 1 saturated heterocycles. The molecule has 0 radical (unpaired) electrons. The summed E-state index contributed by atoms with van der Waals surface area (Å²) < 4.78 is 38.8. The number of amides is 1. The van der Waals surface area contributed by atoms with Crippen molar-refractivity contribution in [1.29, 1.82) is 0 Å². The number of pyridine rings is 1. The number of benzene rings is 1. The minimum Gasteiger partial charge on any atom is -0.359 e. The molecular formula is C21H19F3N6O. The minimum atomic E-state index is -4.55. The molecule has 0 bridgehead atoms. The van der Waals surface area contributed by atoms with Crippen molar-refractivity contribution in [3.05, 3.63) is 60.2 Å². The van der Waals surface area contributed by atoms with Crippen LogP contribution in [0.4, 0.5) is 30.5 Å². The van der Waals surface area contributed by atoms with Crippen molar-refractivity contribution in [2.24, 2.45) is 0 Å². The molecule has 1 amide bonds. The van der Waals surface area contributed by atoms with Crippen molar-refractivity contribution in [3.63, 3.8) is 0 Å². The molecule has 0 spiro atoms. The number of aryl methyl sites for hydroxylation is 1. The number of halogens is 3. The van der Waals surface area contributed by atoms with Crippen LogP contribution >= 0.6 is 0 Å². The highest BCUT2D eigenvalue weighted by molar-refractivity contribution is 5.83. The zero-order valence-electron chi connectivity index (χ0n) is 16.6. The van der Waals surface area contributed by atoms with Crippen LogP contribution in [0.15, 0.2) is 48.9 Å². The number of piperazine rings is 1. The zero-order chi connectivity index (χ0) is 22.0. The SMILES string of the molecule is Cc1cc(Nc2nccc(C(F)(F)F)n2)cc(-c2cncc(N3CCNC(=O)C3)c2)c1. The highest BCUT2D eigenvalue weighted by atomic mass is 19.4. The van der Waals surface area contributed by atoms with Gasteiger partial charge in [0.15, 0.2) is 0 Å². The topological polar surface area (TPSA) is 83.0 Å². The fourth-order valence-electron chi connectivity index (χ4n) is 3.35. The summed E-state index contributed by atoms with van der Waals surface area (Å²) in [5, 5.41) is 5.63. The molecule has 1 aromatic carbocycles. The lowest BCUT2D eigenvalue weighted by Crippen LogP contribution is -2.47. The summed E-state index contributed by atoms with van der Waals surface area (Å²) in [7, 11) is 0. The maximum absolute atomic E-state index is 12.9. The van der Waals surface area contributed by atoms with E-state index in [1.165, 1.54) is 0 Å². The van der Waals surface area contributed by atoms with E-state index in [1.807, 2.05) is 24.0 Å². The molecule has 0 atom stereocenters. The average Bonchev–Trinajstić information content (AvgIpc) is 2.73. The van der Waals surface area contributed by atoms with Crippen LogP contribution in [0, 0.1) is 6.92 Å². The number of alkyl halides is 3. The number of hydrogen-bond donors (Lipinski definition) is 2. The molecule has 10 heteroatoms. The number of rotatable bonds is 4. The van der Waals surface area contributed by atoms with Gasteiger partial charge < -0.3 is 15.5 Å². The Bertz CT molecular complexity index is 1120. The van der Waals surface area contributed by atoms with Crippen molar-refractivity contribution in [1.82, 2.24) is 20.3 Å². The van der Waals surface area contributed by atoms with Gasteiger partial charge in [-0.2, -0.15) is 13.2 Å². The lowest BCUT2D eigenvalue weighted by Gasteiger charge is -2.28. The highest BCUT2D eigenvalue weighted by Gasteiger charge is 2.32. The largest absolute Gasteiger partial charge is 0.433 e. The highest BCUT2D eigenvalue weighted by Crippen LogP contribution is 2.30. The summed E-state index contributed by atoms with van der Waals surface area (Å²) in [5.74, 6) is -0.183. The molecule has 3 aromatic rings. The minimum absolute atomic E-state index is 0.0419. The molecule has 4 rings (SSSR count). The van der Waals surface area contributed by atoms with Crippen LogP contribution in [0.3, 0.4) is 0 Å². The maximum atomic E-state index is 12.9. The predicted molar refractivity (Wildman–Crippen MR) is 110 cm³/mol. The fourth-order valence-corrected chi connectivity index (χ4v) is 3.35. The average molecular weight is 428 g/mol. The first kappa shape index (κ1) is 20.6. The van der Waals surface area contributed by atoms with E-state index in [1.54, 1.807) is 24.5 Å². The van der Waals surface area contributed by atoms with Gasteiger partial charge in [-0.25, -0.2) is 9.97 Å². The Morgan fingerprint density at radius 3 is 2.74 bits per heavy atom. The molecule has 1 fully saturated rings. The Balaban J connectivity index is 1.61. The number of carbonyl (C=O) groups excluding carboxylic acids is 1. The third kappa shape index (κ3) is 4.90. The lowest BCUT2D eigenvalue weighted by molar-refractivity contribution is -0.141. The molecule has 160 valence electrons. The molecule has 2 N–H and O–H groups in total. The van der Waals surface area contributed by atoms with Gasteiger partial charge in [0, 0.05) is 36.7 Å². The van der Waals surface area contributed by atoms with Crippen LogP contribution in [-0.4, -0.2) is 40.5 Å². The smallest absolute Gasteiger partial charge is 0.359 e. The van der Waals surface area contributed by atoms with E-state index in [0.717, 1.165) is 34.6 Å². The molecule has 0 saturated carbocycles. The Hall–Kier alpha value is -3.69. The van der Waals surface area contributed by atoms with E-state index in [-0.39, 0.29) is 18.4 Å². The molecule has 0 unspecified atom stereocenters. The predicted octanol–water partition coefficient (Wildman–Crippen LogP) is 3.55. The van der Waals surface area contributed by atoms with Crippen molar-refractivity contribution in [2.75, 3.05) is 29.9 Å². The van der Waals surface area contributed by atoms with Gasteiger partial charge in [0.1, 0.15) is 5.69 Å². The van der Waals surface area contributed by atoms with E-state index < -0.39 is 11.9 Å². The second-order valence-corrected chi connectivity index (χ2v) is 7.18. The molecular weight excluding hydrogens is 409 g/mol. The molecule has 1 aliphatic heterocycles. The van der Waals surface area contributed by atoms with E-state index in [9.17, 15) is 18.0 Å². The second kappa shape index (κ2) is 8.21. The van der Waals surface area contributed by atoms with Crippen molar-refractivity contribution in [2.45, 2.75) is 13.1 Å². The Labute approximate surface area is 176 Å². The van der Waals surface area contributed by atoms with Crippen LogP contribution in [-0.2, 0) is 11.0 Å². The van der Waals surface area contributed by atoms with Crippen molar-refractivity contribution in [3.8, 4) is 11.1 Å². The first-order valence-corrected chi connectivity index (χ1v) is 9.54. The van der Waals surface area contributed by atoms with Gasteiger partial charge in [0.2, 0.25) is 11.9 Å². The van der Waals surface area contributed by atoms with Crippen LogP contribution in [0.1, 0.15) is 11.3 Å². The fraction of sp³-hybridized carbons (Fsp3) is 0.238. The van der Waals surface area contributed by atoms with Crippen LogP contribution in [0.2, 0.25) is 0 Å². The van der Waals surface area contributed by atoms with Gasteiger partial charge in [-0.05, 0) is 42.3 Å². The quantitative estimate of drug-likeness (QED) is 0.662. The third-order valence-corrected chi connectivity index (χ3v) is 4.74. The molecule has 7 nitrogen and oxygen atoms in total. The zero-order valence-corrected chi connectivity index (χ0v) is 16.6. The van der Waals surface area contributed by atoms with Gasteiger partial charge >= 0.3 is 6.18 Å². The number of nitrogens with zero attached hydrogens (tertiary/aromatic N) is 4. The third-order valence-electron chi connectivity index (χ3n) is 4.74. The summed E-state index contributed by atoms with van der Waals surface area (Å²) in [6, 6.07) is 8.29. The molecule has 1 aliphatic rings. The van der Waals surface area contributed by atoms with E-state index in [0.29, 0.717) is 18.8 Å². The normalized spacial score (nSPS) is 14.3. The Kier molecular flexibility index (Phi) is 5.45. The molecule has 31 heavy (non-hydrogen) atoms. The summed E-state index contributed by atoms with van der Waals surface area (Å²) in [5.41, 5.74) is 2.90. The van der Waals surface area contributed by atoms with Crippen LogP contribution in [0.5, 0.6) is 0 Å². The summed E-state index contributed by atoms with van der Waals surface area (Å²) in [6.45, 7) is 3.40. The summed E-state index contributed by atoms with van der Waals surface area (Å²) in [4.78, 5) is 25.4. The Morgan fingerprint density at radius 1 is 1.13 bits per heavy atom. The first-order valence-electron chi connectivity index (χ1n) is 9.54. The monoisotopic (exact) mass is 428 g/mol.